The van der Waals surface area contributed by atoms with Crippen molar-refractivity contribution in [2.75, 3.05) is 33.5 Å². The van der Waals surface area contributed by atoms with Crippen molar-refractivity contribution in [1.29, 1.82) is 0 Å². The average molecular weight is 319 g/mol. The molecule has 1 aliphatic heterocycles. The first-order valence-electron chi connectivity index (χ1n) is 8.80. The first kappa shape index (κ1) is 16.7. The zero-order valence-corrected chi connectivity index (χ0v) is 14.1. The molecule has 23 heavy (non-hydrogen) atoms. The van der Waals surface area contributed by atoms with Crippen LogP contribution in [0.4, 0.5) is 0 Å². The van der Waals surface area contributed by atoms with Gasteiger partial charge in [0.2, 0.25) is 0 Å². The van der Waals surface area contributed by atoms with E-state index in [2.05, 4.69) is 23.5 Å². The fraction of sp³-hybridized carbons (Fsp3) is 0.684. The first-order chi connectivity index (χ1) is 11.2. The van der Waals surface area contributed by atoms with E-state index in [1.54, 1.807) is 7.11 Å². The molecular formula is C19H29NO3. The Morgan fingerprint density at radius 1 is 1.35 bits per heavy atom. The van der Waals surface area contributed by atoms with Crippen LogP contribution in [0.2, 0.25) is 0 Å². The minimum absolute atomic E-state index is 0.000230. The van der Waals surface area contributed by atoms with Gasteiger partial charge in [0, 0.05) is 31.2 Å². The van der Waals surface area contributed by atoms with E-state index in [9.17, 15) is 5.11 Å². The summed E-state index contributed by atoms with van der Waals surface area (Å²) in [5, 5.41) is 13.6. The van der Waals surface area contributed by atoms with Gasteiger partial charge in [-0.2, -0.15) is 0 Å². The van der Waals surface area contributed by atoms with E-state index in [1.165, 1.54) is 18.4 Å². The molecule has 2 N–H and O–H groups in total. The second kappa shape index (κ2) is 7.65. The Balaban J connectivity index is 1.60. The number of aliphatic hydroxyl groups excluding tert-OH is 1. The van der Waals surface area contributed by atoms with Gasteiger partial charge in [0.15, 0.2) is 0 Å². The van der Waals surface area contributed by atoms with Crippen LogP contribution in [-0.2, 0) is 11.2 Å². The molecule has 3 rings (SSSR count). The summed E-state index contributed by atoms with van der Waals surface area (Å²) in [6, 6.07) is 8.86. The molecule has 1 unspecified atom stereocenters. The van der Waals surface area contributed by atoms with Gasteiger partial charge in [-0.15, -0.1) is 0 Å². The lowest BCUT2D eigenvalue weighted by molar-refractivity contribution is -0.0168. The van der Waals surface area contributed by atoms with Crippen molar-refractivity contribution in [2.45, 2.75) is 38.1 Å². The van der Waals surface area contributed by atoms with Gasteiger partial charge in [0.25, 0.3) is 0 Å². The molecule has 1 aromatic carbocycles. The molecule has 1 atom stereocenters. The van der Waals surface area contributed by atoms with Crippen LogP contribution in [0.3, 0.4) is 0 Å². The van der Waals surface area contributed by atoms with Crippen LogP contribution in [0, 0.1) is 11.3 Å². The third-order valence-electron chi connectivity index (χ3n) is 5.41. The van der Waals surface area contributed by atoms with Gasteiger partial charge in [-0.3, -0.25) is 0 Å². The molecule has 0 bridgehead atoms. The lowest BCUT2D eigenvalue weighted by Crippen LogP contribution is -2.46. The third-order valence-corrected chi connectivity index (χ3v) is 5.41. The number of nitrogens with one attached hydrogen (secondary N) is 1. The van der Waals surface area contributed by atoms with Crippen molar-refractivity contribution in [3.8, 4) is 5.75 Å². The monoisotopic (exact) mass is 319 g/mol. The summed E-state index contributed by atoms with van der Waals surface area (Å²) in [5.74, 6) is 1.70. The standard InChI is InChI=1S/C19H29NO3/c1-22-17-4-2-3-15(11-17)12-18(16-5-6-16)20-13-19(14-21)7-9-23-10-8-19/h2-4,11,16,18,20-21H,5-10,12-14H2,1H3. The van der Waals surface area contributed by atoms with Gasteiger partial charge >= 0.3 is 0 Å². The highest BCUT2D eigenvalue weighted by Gasteiger charge is 2.36. The summed E-state index contributed by atoms with van der Waals surface area (Å²) in [6.07, 6.45) is 5.56. The van der Waals surface area contributed by atoms with Crippen LogP contribution in [0.25, 0.3) is 0 Å². The molecule has 4 heteroatoms. The fourth-order valence-electron chi connectivity index (χ4n) is 3.50. The number of hydrogen-bond donors (Lipinski definition) is 2. The number of benzene rings is 1. The maximum Gasteiger partial charge on any atom is 0.119 e. The van der Waals surface area contributed by atoms with Crippen molar-refractivity contribution in [1.82, 2.24) is 5.32 Å². The lowest BCUT2D eigenvalue weighted by Gasteiger charge is -2.37. The lowest BCUT2D eigenvalue weighted by atomic mass is 9.80. The summed E-state index contributed by atoms with van der Waals surface area (Å²) < 4.78 is 10.8. The Hall–Kier alpha value is -1.10. The highest BCUT2D eigenvalue weighted by molar-refractivity contribution is 5.29. The molecule has 1 aliphatic carbocycles. The normalized spacial score (nSPS) is 21.8. The van der Waals surface area contributed by atoms with Gasteiger partial charge < -0.3 is 19.9 Å². The quantitative estimate of drug-likeness (QED) is 0.772. The maximum atomic E-state index is 9.85. The summed E-state index contributed by atoms with van der Waals surface area (Å²) in [5.41, 5.74) is 1.32. The Morgan fingerprint density at radius 3 is 2.78 bits per heavy atom. The number of methoxy groups -OCH3 is 1. The fourth-order valence-corrected chi connectivity index (χ4v) is 3.50. The number of rotatable bonds is 8. The molecule has 2 aliphatic rings. The Bertz CT molecular complexity index is 495. The highest BCUT2D eigenvalue weighted by atomic mass is 16.5. The highest BCUT2D eigenvalue weighted by Crippen LogP contribution is 2.36. The average Bonchev–Trinajstić information content (AvgIpc) is 3.44. The van der Waals surface area contributed by atoms with Gasteiger partial charge in [-0.1, -0.05) is 12.1 Å². The molecule has 1 saturated carbocycles. The molecule has 2 fully saturated rings. The minimum atomic E-state index is -0.000230. The largest absolute Gasteiger partial charge is 0.497 e. The molecule has 0 spiro atoms. The van der Waals surface area contributed by atoms with Crippen LogP contribution >= 0.6 is 0 Å². The van der Waals surface area contributed by atoms with E-state index in [4.69, 9.17) is 9.47 Å². The van der Waals surface area contributed by atoms with Gasteiger partial charge in [-0.05, 0) is 55.7 Å². The third kappa shape index (κ3) is 4.46. The molecule has 1 aromatic rings. The summed E-state index contributed by atoms with van der Waals surface area (Å²) >= 11 is 0. The first-order valence-corrected chi connectivity index (χ1v) is 8.80. The van der Waals surface area contributed by atoms with E-state index in [0.29, 0.717) is 6.04 Å². The molecule has 128 valence electrons. The zero-order valence-electron chi connectivity index (χ0n) is 14.1. The van der Waals surface area contributed by atoms with Gasteiger partial charge in [-0.25, -0.2) is 0 Å². The smallest absolute Gasteiger partial charge is 0.119 e. The minimum Gasteiger partial charge on any atom is -0.497 e. The molecule has 0 radical (unpaired) electrons. The van der Waals surface area contributed by atoms with Crippen LogP contribution in [0.15, 0.2) is 24.3 Å². The van der Waals surface area contributed by atoms with Crippen LogP contribution in [0.1, 0.15) is 31.2 Å². The number of hydrogen-bond acceptors (Lipinski definition) is 4. The van der Waals surface area contributed by atoms with Crippen molar-refractivity contribution in [3.63, 3.8) is 0 Å². The van der Waals surface area contributed by atoms with E-state index >= 15 is 0 Å². The van der Waals surface area contributed by atoms with Gasteiger partial charge in [0.05, 0.1) is 13.7 Å². The van der Waals surface area contributed by atoms with E-state index in [0.717, 1.165) is 50.7 Å². The molecule has 1 saturated heterocycles. The number of aliphatic hydroxyl groups is 1. The Kier molecular flexibility index (Phi) is 5.57. The second-order valence-corrected chi connectivity index (χ2v) is 7.15. The Morgan fingerprint density at radius 2 is 2.13 bits per heavy atom. The van der Waals surface area contributed by atoms with Crippen molar-refractivity contribution in [3.05, 3.63) is 29.8 Å². The maximum absolute atomic E-state index is 9.85. The van der Waals surface area contributed by atoms with Crippen LogP contribution in [-0.4, -0.2) is 44.6 Å². The van der Waals surface area contributed by atoms with Crippen LogP contribution in [0.5, 0.6) is 5.75 Å². The van der Waals surface area contributed by atoms with Crippen molar-refractivity contribution in [2.24, 2.45) is 11.3 Å². The molecule has 0 amide bonds. The van der Waals surface area contributed by atoms with Crippen LogP contribution < -0.4 is 10.1 Å². The van der Waals surface area contributed by atoms with E-state index < -0.39 is 0 Å². The summed E-state index contributed by atoms with van der Waals surface area (Å²) in [7, 11) is 1.71. The van der Waals surface area contributed by atoms with E-state index in [1.807, 2.05) is 6.07 Å². The summed E-state index contributed by atoms with van der Waals surface area (Å²) in [6.45, 7) is 2.68. The van der Waals surface area contributed by atoms with E-state index in [-0.39, 0.29) is 12.0 Å². The van der Waals surface area contributed by atoms with Crippen molar-refractivity contribution >= 4 is 0 Å². The molecule has 0 aromatic heterocycles. The topological polar surface area (TPSA) is 50.7 Å². The number of ether oxygens (including phenoxy) is 2. The predicted molar refractivity (Wildman–Crippen MR) is 90.8 cm³/mol. The van der Waals surface area contributed by atoms with Gasteiger partial charge in [0.1, 0.15) is 5.75 Å². The Labute approximate surface area is 139 Å². The second-order valence-electron chi connectivity index (χ2n) is 7.15. The zero-order chi connectivity index (χ0) is 16.1. The van der Waals surface area contributed by atoms with Crippen molar-refractivity contribution < 1.29 is 14.6 Å². The molecule has 4 nitrogen and oxygen atoms in total. The predicted octanol–water partition coefficient (Wildman–Crippen LogP) is 2.40. The summed E-state index contributed by atoms with van der Waals surface area (Å²) in [4.78, 5) is 0. The molecular weight excluding hydrogens is 290 g/mol. The molecule has 1 heterocycles. The SMILES string of the molecule is COc1cccc(CC(NCC2(CO)CCOCC2)C2CC2)c1.